The number of fused-ring (bicyclic) bond motifs is 2. The maximum Gasteiger partial charge on any atom is 0.490 e. The van der Waals surface area contributed by atoms with E-state index in [4.69, 9.17) is 5.73 Å². The van der Waals surface area contributed by atoms with Crippen molar-refractivity contribution in [3.05, 3.63) is 77.7 Å². The lowest BCUT2D eigenvalue weighted by Gasteiger charge is -2.13. The summed E-state index contributed by atoms with van der Waals surface area (Å²) < 4.78 is 15.1. The molecule has 12 heteroatoms. The molecule has 0 aliphatic rings. The first-order valence-corrected chi connectivity index (χ1v) is 10.2. The van der Waals surface area contributed by atoms with E-state index in [0.717, 1.165) is 0 Å². The minimum Gasteiger partial charge on any atom is -0.423 e. The van der Waals surface area contributed by atoms with Crippen LogP contribution in [0.2, 0.25) is 0 Å². The predicted molar refractivity (Wildman–Crippen MR) is 124 cm³/mol. The van der Waals surface area contributed by atoms with Gasteiger partial charge in [0.1, 0.15) is 11.6 Å². The highest BCUT2D eigenvalue weighted by Gasteiger charge is 2.22. The average Bonchev–Trinajstić information content (AvgIpc) is 3.26. The van der Waals surface area contributed by atoms with Gasteiger partial charge in [-0.05, 0) is 35.9 Å². The highest BCUT2D eigenvalue weighted by molar-refractivity contribution is 6.61. The van der Waals surface area contributed by atoms with Crippen LogP contribution in [0.4, 0.5) is 10.2 Å². The zero-order valence-corrected chi connectivity index (χ0v) is 17.6. The van der Waals surface area contributed by atoms with Crippen LogP contribution in [0.25, 0.3) is 28.2 Å². The number of anilines is 1. The molecule has 34 heavy (non-hydrogen) atoms. The molecule has 0 atom stereocenters. The zero-order valence-electron chi connectivity index (χ0n) is 17.6. The molecule has 5 N–H and O–H groups in total. The highest BCUT2D eigenvalue weighted by atomic mass is 19.1. The summed E-state index contributed by atoms with van der Waals surface area (Å²) >= 11 is 0. The fraction of sp³-hybridized carbons (Fsp3) is 0.0455. The number of hydrogen-bond acceptors (Lipinski definition) is 8. The number of nitrogens with one attached hydrogen (secondary N) is 1. The Morgan fingerprint density at radius 1 is 1.09 bits per heavy atom. The van der Waals surface area contributed by atoms with E-state index in [2.05, 4.69) is 25.5 Å². The maximum absolute atomic E-state index is 13.6. The molecule has 10 nitrogen and oxygen atoms in total. The van der Waals surface area contributed by atoms with Gasteiger partial charge in [0.15, 0.2) is 5.65 Å². The monoisotopic (exact) mass is 457 g/mol. The summed E-state index contributed by atoms with van der Waals surface area (Å²) in [4.78, 5) is 20.9. The molecule has 0 saturated heterocycles. The van der Waals surface area contributed by atoms with Crippen LogP contribution in [0.15, 0.2) is 60.8 Å². The maximum atomic E-state index is 13.6. The van der Waals surface area contributed by atoms with E-state index in [9.17, 15) is 19.2 Å². The lowest BCUT2D eigenvalue weighted by atomic mass is 9.79. The first kappa shape index (κ1) is 21.4. The molecule has 0 bridgehead atoms. The van der Waals surface area contributed by atoms with Crippen molar-refractivity contribution in [2.75, 3.05) is 5.32 Å². The van der Waals surface area contributed by atoms with Crippen molar-refractivity contribution in [2.24, 2.45) is 5.73 Å². The van der Waals surface area contributed by atoms with Crippen LogP contribution in [0, 0.1) is 5.82 Å². The van der Waals surface area contributed by atoms with Gasteiger partial charge in [-0.3, -0.25) is 9.20 Å². The van der Waals surface area contributed by atoms with E-state index in [-0.39, 0.29) is 46.2 Å². The number of aromatic nitrogens is 5. The summed E-state index contributed by atoms with van der Waals surface area (Å²) in [5, 5.41) is 31.7. The van der Waals surface area contributed by atoms with Crippen LogP contribution in [-0.2, 0) is 6.54 Å². The van der Waals surface area contributed by atoms with E-state index >= 15 is 0 Å². The number of rotatable bonds is 6. The van der Waals surface area contributed by atoms with Crippen LogP contribution in [-0.4, -0.2) is 47.6 Å². The summed E-state index contributed by atoms with van der Waals surface area (Å²) in [7, 11) is -1.78. The van der Waals surface area contributed by atoms with Gasteiger partial charge in [0.05, 0.1) is 11.1 Å². The summed E-state index contributed by atoms with van der Waals surface area (Å²) in [6.45, 7) is 0.252. The van der Waals surface area contributed by atoms with Gasteiger partial charge in [0, 0.05) is 23.6 Å². The van der Waals surface area contributed by atoms with Gasteiger partial charge >= 0.3 is 7.12 Å². The van der Waals surface area contributed by atoms with Crippen LogP contribution < -0.4 is 16.5 Å². The normalized spacial score (nSPS) is 11.1. The molecule has 0 aliphatic carbocycles. The topological polar surface area (TPSA) is 152 Å². The minimum atomic E-state index is -1.78. The molecule has 5 rings (SSSR count). The van der Waals surface area contributed by atoms with Gasteiger partial charge in [-0.15, -0.1) is 10.2 Å². The van der Waals surface area contributed by atoms with Crippen molar-refractivity contribution >= 4 is 40.9 Å². The average molecular weight is 457 g/mol. The molecule has 3 aromatic heterocycles. The Hall–Kier alpha value is -4.42. The van der Waals surface area contributed by atoms with E-state index < -0.39 is 13.0 Å². The molecule has 5 aromatic rings. The number of benzene rings is 2. The van der Waals surface area contributed by atoms with Gasteiger partial charge in [0.25, 0.3) is 5.91 Å². The SMILES string of the molecule is NC(=O)c1cccn2c(-c3nc(NCc4cccc(F)c4)c4cccc(B(O)O)c4n3)nnc12. The predicted octanol–water partition coefficient (Wildman–Crippen LogP) is 0.869. The van der Waals surface area contributed by atoms with Gasteiger partial charge in [-0.1, -0.05) is 24.3 Å². The van der Waals surface area contributed by atoms with E-state index in [1.807, 2.05) is 0 Å². The Morgan fingerprint density at radius 2 is 1.91 bits per heavy atom. The Kier molecular flexibility index (Phi) is 5.36. The van der Waals surface area contributed by atoms with Crippen molar-refractivity contribution in [3.8, 4) is 11.6 Å². The summed E-state index contributed by atoms with van der Waals surface area (Å²) in [6, 6.07) is 14.2. The third kappa shape index (κ3) is 3.80. The largest absolute Gasteiger partial charge is 0.490 e. The molecule has 0 aliphatic heterocycles. The first-order valence-electron chi connectivity index (χ1n) is 10.2. The van der Waals surface area contributed by atoms with Crippen molar-refractivity contribution in [1.82, 2.24) is 24.6 Å². The van der Waals surface area contributed by atoms with Crippen molar-refractivity contribution in [3.63, 3.8) is 0 Å². The lowest BCUT2D eigenvalue weighted by molar-refractivity contribution is 0.100. The zero-order chi connectivity index (χ0) is 23.8. The minimum absolute atomic E-state index is 0.122. The number of carbonyl (C=O) groups is 1. The lowest BCUT2D eigenvalue weighted by Crippen LogP contribution is -2.31. The molecule has 1 amide bonds. The summed E-state index contributed by atoms with van der Waals surface area (Å²) in [6.07, 6.45) is 1.64. The Morgan fingerprint density at radius 3 is 2.68 bits per heavy atom. The number of nitrogens with two attached hydrogens (primary N) is 1. The van der Waals surface area contributed by atoms with Gasteiger partial charge < -0.3 is 21.1 Å². The number of pyridine rings is 1. The van der Waals surface area contributed by atoms with E-state index in [0.29, 0.717) is 16.8 Å². The van der Waals surface area contributed by atoms with Crippen LogP contribution in [0.3, 0.4) is 0 Å². The van der Waals surface area contributed by atoms with Crippen LogP contribution >= 0.6 is 0 Å². The third-order valence-corrected chi connectivity index (χ3v) is 5.29. The standard InChI is InChI=1S/C22H17BFN7O3/c24-13-5-1-4-12(10-13)11-26-19-14-6-2-8-16(23(33)34)17(14)27-20(28-19)22-30-29-21-15(18(25)32)7-3-9-31(21)22/h1-10,33-34H,11H2,(H2,25,32)(H,26,27,28). The fourth-order valence-electron chi connectivity index (χ4n) is 3.71. The molecule has 0 fully saturated rings. The molecular weight excluding hydrogens is 440 g/mol. The molecule has 0 spiro atoms. The number of primary amides is 1. The molecular formula is C22H17BFN7O3. The van der Waals surface area contributed by atoms with Crippen molar-refractivity contribution in [2.45, 2.75) is 6.54 Å². The van der Waals surface area contributed by atoms with Gasteiger partial charge in [-0.2, -0.15) is 0 Å². The molecule has 0 unspecified atom stereocenters. The van der Waals surface area contributed by atoms with E-state index in [1.54, 1.807) is 36.5 Å². The summed E-state index contributed by atoms with van der Waals surface area (Å²) in [5.74, 6) is -0.312. The highest BCUT2D eigenvalue weighted by Crippen LogP contribution is 2.25. The number of amides is 1. The van der Waals surface area contributed by atoms with Crippen LogP contribution in [0.5, 0.6) is 0 Å². The Labute approximate surface area is 192 Å². The Bertz CT molecular complexity index is 1560. The number of para-hydroxylation sites is 1. The molecule has 0 radical (unpaired) electrons. The number of halogens is 1. The van der Waals surface area contributed by atoms with E-state index in [1.165, 1.54) is 28.7 Å². The first-order chi connectivity index (χ1) is 16.4. The Balaban J connectivity index is 1.68. The smallest absolute Gasteiger partial charge is 0.423 e. The molecule has 3 heterocycles. The second-order valence-electron chi connectivity index (χ2n) is 7.50. The second-order valence-corrected chi connectivity index (χ2v) is 7.50. The van der Waals surface area contributed by atoms with Crippen LogP contribution in [0.1, 0.15) is 15.9 Å². The molecule has 168 valence electrons. The van der Waals surface area contributed by atoms with Crippen molar-refractivity contribution < 1.29 is 19.2 Å². The number of hydrogen-bond donors (Lipinski definition) is 4. The number of nitrogens with zero attached hydrogens (tertiary/aromatic N) is 5. The van der Waals surface area contributed by atoms with Crippen molar-refractivity contribution in [1.29, 1.82) is 0 Å². The quantitative estimate of drug-likeness (QED) is 0.274. The fourth-order valence-corrected chi connectivity index (χ4v) is 3.71. The second kappa shape index (κ2) is 8.50. The van der Waals surface area contributed by atoms with Gasteiger partial charge in [0.2, 0.25) is 11.6 Å². The van der Waals surface area contributed by atoms with Gasteiger partial charge in [-0.25, -0.2) is 14.4 Å². The third-order valence-electron chi connectivity index (χ3n) is 5.29. The molecule has 0 saturated carbocycles. The number of carbonyl (C=O) groups excluding carboxylic acids is 1. The summed E-state index contributed by atoms with van der Waals surface area (Å²) in [5.41, 5.74) is 6.99. The molecule has 2 aromatic carbocycles.